The van der Waals surface area contributed by atoms with Crippen molar-refractivity contribution in [1.82, 2.24) is 0 Å². The Bertz CT molecular complexity index is 237. The minimum Gasteiger partial charge on any atom is -0.297 e. The lowest BCUT2D eigenvalue weighted by atomic mass is 10.3. The number of carbonyl (C=O) groups is 1. The minimum atomic E-state index is 0.789. The number of rotatable bonds is 3. The van der Waals surface area contributed by atoms with Crippen LogP contribution in [-0.4, -0.2) is 6.29 Å². The summed E-state index contributed by atoms with van der Waals surface area (Å²) in [7, 11) is 0. The fourth-order valence-corrected chi connectivity index (χ4v) is 1.53. The van der Waals surface area contributed by atoms with Crippen molar-refractivity contribution in [2.45, 2.75) is 6.42 Å². The second-order valence-electron chi connectivity index (χ2n) is 1.91. The summed E-state index contributed by atoms with van der Waals surface area (Å²) in [6.45, 7) is 3.61. The molecule has 1 aromatic heterocycles. The molecule has 0 aliphatic heterocycles. The molecule has 1 heterocycles. The van der Waals surface area contributed by atoms with E-state index >= 15 is 0 Å². The molecule has 1 aromatic rings. The van der Waals surface area contributed by atoms with Crippen LogP contribution in [0.2, 0.25) is 0 Å². The second-order valence-corrected chi connectivity index (χ2v) is 3.11. The van der Waals surface area contributed by atoms with Gasteiger partial charge in [0.2, 0.25) is 0 Å². The molecule has 52 valence electrons. The summed E-state index contributed by atoms with van der Waals surface area (Å²) in [6.07, 6.45) is 3.57. The Morgan fingerprint density at radius 2 is 2.40 bits per heavy atom. The summed E-state index contributed by atoms with van der Waals surface area (Å²) in [5.74, 6) is 0. The van der Waals surface area contributed by atoms with Crippen molar-refractivity contribution in [2.24, 2.45) is 0 Å². The molecule has 1 rings (SSSR count). The van der Waals surface area contributed by atoms with E-state index in [9.17, 15) is 4.79 Å². The number of allylic oxidation sites excluding steroid dienone is 1. The molecule has 0 atom stereocenters. The van der Waals surface area contributed by atoms with Gasteiger partial charge < -0.3 is 0 Å². The van der Waals surface area contributed by atoms with Gasteiger partial charge in [-0.15, -0.1) is 17.9 Å². The lowest BCUT2D eigenvalue weighted by Crippen LogP contribution is -1.67. The first kappa shape index (κ1) is 7.22. The third-order valence-corrected chi connectivity index (χ3v) is 2.18. The molecule has 0 N–H and O–H groups in total. The van der Waals surface area contributed by atoms with Crippen LogP contribution in [0.4, 0.5) is 0 Å². The van der Waals surface area contributed by atoms with Gasteiger partial charge >= 0.3 is 0 Å². The molecule has 2 heteroatoms. The molecule has 0 radical (unpaired) electrons. The normalized spacial score (nSPS) is 9.20. The smallest absolute Gasteiger partial charge is 0.160 e. The van der Waals surface area contributed by atoms with Gasteiger partial charge in [-0.25, -0.2) is 0 Å². The number of aldehydes is 1. The number of hydrogen-bond acceptors (Lipinski definition) is 2. The van der Waals surface area contributed by atoms with Gasteiger partial charge in [0.15, 0.2) is 6.29 Å². The summed E-state index contributed by atoms with van der Waals surface area (Å²) in [4.78, 5) is 12.2. The van der Waals surface area contributed by atoms with E-state index < -0.39 is 0 Å². The van der Waals surface area contributed by atoms with Gasteiger partial charge in [-0.05, 0) is 18.6 Å². The maximum absolute atomic E-state index is 10.2. The van der Waals surface area contributed by atoms with Crippen LogP contribution in [0.15, 0.2) is 24.8 Å². The van der Waals surface area contributed by atoms with Gasteiger partial charge in [-0.3, -0.25) is 4.79 Å². The minimum absolute atomic E-state index is 0.789. The monoisotopic (exact) mass is 152 g/mol. The molecular formula is C8H8OS. The highest BCUT2D eigenvalue weighted by Crippen LogP contribution is 2.14. The molecule has 0 saturated heterocycles. The van der Waals surface area contributed by atoms with Crippen LogP contribution in [-0.2, 0) is 6.42 Å². The average Bonchev–Trinajstić information content (AvgIpc) is 2.37. The Morgan fingerprint density at radius 1 is 1.60 bits per heavy atom. The van der Waals surface area contributed by atoms with Crippen molar-refractivity contribution >= 4 is 17.6 Å². The topological polar surface area (TPSA) is 17.1 Å². The summed E-state index contributed by atoms with van der Waals surface area (Å²) >= 11 is 1.52. The first-order valence-corrected chi connectivity index (χ1v) is 3.83. The van der Waals surface area contributed by atoms with Gasteiger partial charge in [0, 0.05) is 4.88 Å². The molecule has 0 saturated carbocycles. The van der Waals surface area contributed by atoms with Crippen molar-refractivity contribution in [3.8, 4) is 0 Å². The zero-order chi connectivity index (χ0) is 7.40. The van der Waals surface area contributed by atoms with E-state index in [1.807, 2.05) is 18.2 Å². The molecule has 0 aliphatic carbocycles. The summed E-state index contributed by atoms with van der Waals surface area (Å²) in [6, 6.07) is 3.78. The highest BCUT2D eigenvalue weighted by atomic mass is 32.1. The molecule has 10 heavy (non-hydrogen) atoms. The highest BCUT2D eigenvalue weighted by molar-refractivity contribution is 7.13. The Kier molecular flexibility index (Phi) is 2.40. The highest BCUT2D eigenvalue weighted by Gasteiger charge is 1.94. The fraction of sp³-hybridized carbons (Fsp3) is 0.125. The zero-order valence-corrected chi connectivity index (χ0v) is 6.36. The van der Waals surface area contributed by atoms with E-state index in [2.05, 4.69) is 6.58 Å². The molecule has 0 spiro atoms. The predicted molar refractivity (Wildman–Crippen MR) is 43.6 cm³/mol. The van der Waals surface area contributed by atoms with E-state index in [0.29, 0.717) is 0 Å². The van der Waals surface area contributed by atoms with Crippen molar-refractivity contribution < 1.29 is 4.79 Å². The number of hydrogen-bond donors (Lipinski definition) is 0. The van der Waals surface area contributed by atoms with Gasteiger partial charge in [0.25, 0.3) is 0 Å². The molecule has 0 unspecified atom stereocenters. The number of carbonyl (C=O) groups excluding carboxylic acids is 1. The average molecular weight is 152 g/mol. The number of thiophene rings is 1. The third kappa shape index (κ3) is 1.54. The van der Waals surface area contributed by atoms with Gasteiger partial charge in [-0.2, -0.15) is 0 Å². The lowest BCUT2D eigenvalue weighted by Gasteiger charge is -1.82. The van der Waals surface area contributed by atoms with Crippen LogP contribution >= 0.6 is 11.3 Å². The van der Waals surface area contributed by atoms with Crippen LogP contribution in [0.25, 0.3) is 0 Å². The van der Waals surface area contributed by atoms with Crippen molar-refractivity contribution in [1.29, 1.82) is 0 Å². The fourth-order valence-electron chi connectivity index (χ4n) is 0.710. The second kappa shape index (κ2) is 3.32. The zero-order valence-electron chi connectivity index (χ0n) is 5.54. The Hall–Kier alpha value is -0.890. The molecular weight excluding hydrogens is 144 g/mol. The molecule has 0 aliphatic rings. The van der Waals surface area contributed by atoms with Crippen LogP contribution in [0.5, 0.6) is 0 Å². The quantitative estimate of drug-likeness (QED) is 0.479. The van der Waals surface area contributed by atoms with E-state index in [1.54, 1.807) is 0 Å². The maximum atomic E-state index is 10.2. The largest absolute Gasteiger partial charge is 0.297 e. The molecule has 0 aromatic carbocycles. The Morgan fingerprint density at radius 3 is 2.90 bits per heavy atom. The standard InChI is InChI=1S/C8H8OS/c1-2-3-7-4-5-8(6-9)10-7/h2,4-6H,1,3H2. The lowest BCUT2D eigenvalue weighted by molar-refractivity contribution is 0.112. The molecule has 1 nitrogen and oxygen atoms in total. The third-order valence-electron chi connectivity index (χ3n) is 1.14. The Labute approximate surface area is 64.0 Å². The SMILES string of the molecule is C=CCc1ccc(C=O)s1. The van der Waals surface area contributed by atoms with Crippen molar-refractivity contribution in [2.75, 3.05) is 0 Å². The summed E-state index contributed by atoms with van der Waals surface area (Å²) < 4.78 is 0. The summed E-state index contributed by atoms with van der Waals surface area (Å²) in [5, 5.41) is 0. The van der Waals surface area contributed by atoms with E-state index in [0.717, 1.165) is 17.6 Å². The van der Waals surface area contributed by atoms with Gasteiger partial charge in [0.1, 0.15) is 0 Å². The van der Waals surface area contributed by atoms with E-state index in [1.165, 1.54) is 16.2 Å². The van der Waals surface area contributed by atoms with Crippen LogP contribution in [0.3, 0.4) is 0 Å². The van der Waals surface area contributed by atoms with E-state index in [4.69, 9.17) is 0 Å². The van der Waals surface area contributed by atoms with Crippen LogP contribution in [0.1, 0.15) is 14.5 Å². The van der Waals surface area contributed by atoms with Crippen molar-refractivity contribution in [3.05, 3.63) is 34.5 Å². The van der Waals surface area contributed by atoms with Gasteiger partial charge in [-0.1, -0.05) is 6.08 Å². The van der Waals surface area contributed by atoms with Crippen LogP contribution in [0, 0.1) is 0 Å². The molecule has 0 fully saturated rings. The maximum Gasteiger partial charge on any atom is 0.160 e. The predicted octanol–water partition coefficient (Wildman–Crippen LogP) is 2.29. The van der Waals surface area contributed by atoms with Crippen LogP contribution < -0.4 is 0 Å². The Balaban J connectivity index is 2.77. The van der Waals surface area contributed by atoms with Gasteiger partial charge in [0.05, 0.1) is 4.88 Å². The summed E-state index contributed by atoms with van der Waals surface area (Å²) in [5.41, 5.74) is 0. The molecule has 0 amide bonds. The first-order chi connectivity index (χ1) is 4.86. The van der Waals surface area contributed by atoms with E-state index in [-0.39, 0.29) is 0 Å². The van der Waals surface area contributed by atoms with Crippen molar-refractivity contribution in [3.63, 3.8) is 0 Å². The molecule has 0 bridgehead atoms. The first-order valence-electron chi connectivity index (χ1n) is 3.01.